The summed E-state index contributed by atoms with van der Waals surface area (Å²) in [4.78, 5) is 2.35. The zero-order chi connectivity index (χ0) is 33.6. The Bertz CT molecular complexity index is 1150. The summed E-state index contributed by atoms with van der Waals surface area (Å²) in [6.07, 6.45) is 24.7. The summed E-state index contributed by atoms with van der Waals surface area (Å²) in [5.74, 6) is 5.13. The fraction of sp³-hybridized carbons (Fsp3) is 0.659. The first-order valence-corrected chi connectivity index (χ1v) is 19.2. The second kappa shape index (κ2) is 23.8. The number of hydrogen-bond acceptors (Lipinski definition) is 5. The maximum absolute atomic E-state index is 6.50. The molecule has 0 bridgehead atoms. The number of allylic oxidation sites excluding steroid dienone is 2. The van der Waals surface area contributed by atoms with E-state index in [1.807, 2.05) is 0 Å². The van der Waals surface area contributed by atoms with Crippen LogP contribution in [0.5, 0.6) is 23.0 Å². The first-order chi connectivity index (χ1) is 22.4. The second-order valence-electron chi connectivity index (χ2n) is 13.1. The molecule has 1 atom stereocenters. The van der Waals surface area contributed by atoms with Crippen molar-refractivity contribution < 1.29 is 18.9 Å². The molecule has 0 amide bonds. The van der Waals surface area contributed by atoms with Gasteiger partial charge in [0.1, 0.15) is 11.5 Å². The summed E-state index contributed by atoms with van der Waals surface area (Å²) in [6, 6.07) is 4.30. The predicted molar refractivity (Wildman–Crippen MR) is 201 cm³/mol. The summed E-state index contributed by atoms with van der Waals surface area (Å²) < 4.78 is 25.2. The average molecular weight is 655 g/mol. The van der Waals surface area contributed by atoms with Crippen LogP contribution in [0.25, 0.3) is 12.2 Å². The highest BCUT2D eigenvalue weighted by Gasteiger charge is 2.20. The van der Waals surface area contributed by atoms with Crippen LogP contribution in [0.4, 0.5) is 0 Å². The van der Waals surface area contributed by atoms with E-state index in [0.29, 0.717) is 5.92 Å². The van der Waals surface area contributed by atoms with E-state index in [9.17, 15) is 0 Å². The highest BCUT2D eigenvalue weighted by molar-refractivity contribution is 7.13. The van der Waals surface area contributed by atoms with Crippen LogP contribution in [0.3, 0.4) is 0 Å². The van der Waals surface area contributed by atoms with Gasteiger partial charge in [-0.2, -0.15) is 0 Å². The maximum atomic E-state index is 6.50. The molecule has 46 heavy (non-hydrogen) atoms. The molecule has 0 saturated heterocycles. The van der Waals surface area contributed by atoms with Gasteiger partial charge < -0.3 is 18.9 Å². The van der Waals surface area contributed by atoms with Crippen LogP contribution >= 0.6 is 11.3 Å². The number of methoxy groups -OCH3 is 1. The van der Waals surface area contributed by atoms with Gasteiger partial charge in [-0.05, 0) is 68.2 Å². The molecule has 0 fully saturated rings. The van der Waals surface area contributed by atoms with Crippen LogP contribution in [0, 0.1) is 11.8 Å². The molecule has 1 aromatic heterocycles. The van der Waals surface area contributed by atoms with E-state index in [1.54, 1.807) is 18.4 Å². The maximum Gasteiger partial charge on any atom is 0.179 e. The Labute approximate surface area is 287 Å². The summed E-state index contributed by atoms with van der Waals surface area (Å²) in [5.41, 5.74) is 2.23. The van der Waals surface area contributed by atoms with Gasteiger partial charge in [-0.3, -0.25) is 0 Å². The molecule has 0 radical (unpaired) electrons. The van der Waals surface area contributed by atoms with E-state index in [-0.39, 0.29) is 0 Å². The van der Waals surface area contributed by atoms with Gasteiger partial charge in [-0.25, -0.2) is 0 Å². The minimum Gasteiger partial charge on any atom is -0.496 e. The van der Waals surface area contributed by atoms with Gasteiger partial charge in [0, 0.05) is 12.0 Å². The molecule has 0 aliphatic carbocycles. The fourth-order valence-electron chi connectivity index (χ4n) is 5.57. The summed E-state index contributed by atoms with van der Waals surface area (Å²) in [7, 11) is 1.75. The molecule has 260 valence electrons. The van der Waals surface area contributed by atoms with Crippen molar-refractivity contribution in [1.29, 1.82) is 0 Å². The molecule has 5 heteroatoms. The molecule has 1 heterocycles. The largest absolute Gasteiger partial charge is 0.496 e. The number of unbranched alkanes of at least 4 members (excludes halogenated alkanes) is 6. The topological polar surface area (TPSA) is 36.9 Å². The lowest BCUT2D eigenvalue weighted by Crippen LogP contribution is -2.06. The average Bonchev–Trinajstić information content (AvgIpc) is 3.36. The number of thiophene rings is 1. The zero-order valence-electron chi connectivity index (χ0n) is 30.7. The molecule has 0 N–H and O–H groups in total. The third kappa shape index (κ3) is 14.6. The van der Waals surface area contributed by atoms with Crippen LogP contribution in [0.2, 0.25) is 0 Å². The van der Waals surface area contributed by atoms with Crippen LogP contribution in [0.1, 0.15) is 146 Å². The minimum absolute atomic E-state index is 0.662. The van der Waals surface area contributed by atoms with Crippen molar-refractivity contribution in [1.82, 2.24) is 0 Å². The summed E-state index contributed by atoms with van der Waals surface area (Å²) in [5, 5.41) is 0. The Balaban J connectivity index is 2.27. The summed E-state index contributed by atoms with van der Waals surface area (Å²) in [6.45, 7) is 17.9. The smallest absolute Gasteiger partial charge is 0.179 e. The van der Waals surface area contributed by atoms with Gasteiger partial charge in [0.15, 0.2) is 11.5 Å². The Hall–Kier alpha value is -2.40. The quantitative estimate of drug-likeness (QED) is 0.0946. The molecular formula is C41H66O4S. The van der Waals surface area contributed by atoms with Gasteiger partial charge in [0.2, 0.25) is 0 Å². The van der Waals surface area contributed by atoms with Gasteiger partial charge in [-0.15, -0.1) is 11.3 Å². The Morgan fingerprint density at radius 3 is 2.02 bits per heavy atom. The normalized spacial score (nSPS) is 12.5. The second-order valence-corrected chi connectivity index (χ2v) is 14.2. The number of rotatable bonds is 26. The Morgan fingerprint density at radius 2 is 1.41 bits per heavy atom. The number of ether oxygens (including phenoxy) is 4. The predicted octanol–water partition coefficient (Wildman–Crippen LogP) is 12.8. The Morgan fingerprint density at radius 1 is 0.717 bits per heavy atom. The number of aryl methyl sites for hydroxylation is 1. The highest BCUT2D eigenvalue weighted by Crippen LogP contribution is 2.44. The van der Waals surface area contributed by atoms with Crippen LogP contribution < -0.4 is 18.9 Å². The first kappa shape index (κ1) is 39.8. The third-order valence-electron chi connectivity index (χ3n) is 8.46. The SMILES string of the molecule is C/C=C/c1sc(C/C=C/c2cc(OC)c(CC)cc2OCCC(C)CCCC(C)C)c(OCCCCCC)c1OCCCCCC. The first-order valence-electron chi connectivity index (χ1n) is 18.4. The molecule has 2 rings (SSSR count). The van der Waals surface area contributed by atoms with Gasteiger partial charge in [0.25, 0.3) is 0 Å². The van der Waals surface area contributed by atoms with Crippen molar-refractivity contribution in [2.24, 2.45) is 11.8 Å². The molecule has 2 aromatic rings. The van der Waals surface area contributed by atoms with Crippen molar-refractivity contribution in [3.63, 3.8) is 0 Å². The molecule has 0 spiro atoms. The minimum atomic E-state index is 0.662. The molecule has 1 unspecified atom stereocenters. The standard InChI is InChI=1S/C41H66O4S/c1-9-13-15-17-27-44-40-38(21-11-3)46-39(41(40)45-28-18-16-14-10-2)25-20-24-35-31-36(42-8)34(12-4)30-37(35)43-29-26-33(7)23-19-22-32(5)6/h11,20-21,24,30-33H,9-10,12-19,22-23,25-29H2,1-8H3/b21-11+,24-20+. The van der Waals surface area contributed by atoms with E-state index in [2.05, 4.69) is 84.9 Å². The van der Waals surface area contributed by atoms with Crippen molar-refractivity contribution in [2.45, 2.75) is 138 Å². The van der Waals surface area contributed by atoms with Crippen molar-refractivity contribution >= 4 is 23.5 Å². The van der Waals surface area contributed by atoms with Crippen LogP contribution in [-0.4, -0.2) is 26.9 Å². The van der Waals surface area contributed by atoms with E-state index in [1.165, 1.54) is 68.2 Å². The number of hydrogen-bond donors (Lipinski definition) is 0. The van der Waals surface area contributed by atoms with Crippen molar-refractivity contribution in [3.05, 3.63) is 45.2 Å². The molecule has 0 aliphatic rings. The lowest BCUT2D eigenvalue weighted by Gasteiger charge is -2.16. The van der Waals surface area contributed by atoms with Crippen LogP contribution in [0.15, 0.2) is 24.3 Å². The molecule has 0 saturated carbocycles. The molecule has 4 nitrogen and oxygen atoms in total. The van der Waals surface area contributed by atoms with Crippen LogP contribution in [-0.2, 0) is 12.8 Å². The van der Waals surface area contributed by atoms with Gasteiger partial charge in [0.05, 0.1) is 36.7 Å². The van der Waals surface area contributed by atoms with Gasteiger partial charge in [-0.1, -0.05) is 118 Å². The molecular weight excluding hydrogens is 589 g/mol. The molecule has 0 aliphatic heterocycles. The van der Waals surface area contributed by atoms with Crippen molar-refractivity contribution in [3.8, 4) is 23.0 Å². The summed E-state index contributed by atoms with van der Waals surface area (Å²) >= 11 is 1.78. The van der Waals surface area contributed by atoms with Gasteiger partial charge >= 0.3 is 0 Å². The third-order valence-corrected chi connectivity index (χ3v) is 9.60. The van der Waals surface area contributed by atoms with Crippen molar-refractivity contribution in [2.75, 3.05) is 26.9 Å². The monoisotopic (exact) mass is 654 g/mol. The zero-order valence-corrected chi connectivity index (χ0v) is 31.5. The van der Waals surface area contributed by atoms with E-state index in [0.717, 1.165) is 91.3 Å². The lowest BCUT2D eigenvalue weighted by molar-refractivity contribution is 0.259. The Kier molecular flexibility index (Phi) is 20.6. The molecule has 1 aromatic carbocycles. The fourth-order valence-corrected chi connectivity index (χ4v) is 6.71. The highest BCUT2D eigenvalue weighted by atomic mass is 32.1. The van der Waals surface area contributed by atoms with E-state index >= 15 is 0 Å². The van der Waals surface area contributed by atoms with E-state index < -0.39 is 0 Å². The number of benzene rings is 1. The lowest BCUT2D eigenvalue weighted by atomic mass is 9.97. The van der Waals surface area contributed by atoms with E-state index in [4.69, 9.17) is 18.9 Å².